The Labute approximate surface area is 162 Å². The van der Waals surface area contributed by atoms with Crippen molar-refractivity contribution >= 4 is 5.57 Å². The van der Waals surface area contributed by atoms with Crippen LogP contribution in [0.2, 0.25) is 0 Å². The van der Waals surface area contributed by atoms with Gasteiger partial charge in [0.25, 0.3) is 0 Å². The summed E-state index contributed by atoms with van der Waals surface area (Å²) in [5.74, 6) is 2.00. The van der Waals surface area contributed by atoms with Gasteiger partial charge in [0.2, 0.25) is 0 Å². The molecule has 3 fully saturated rings. The van der Waals surface area contributed by atoms with Crippen LogP contribution in [0.15, 0.2) is 30.6 Å². The van der Waals surface area contributed by atoms with Gasteiger partial charge in [-0.2, -0.15) is 0 Å². The second kappa shape index (κ2) is 6.15. The molecule has 1 heterocycles. The third kappa shape index (κ3) is 2.50. The highest BCUT2D eigenvalue weighted by atomic mass is 16.3. The third-order valence-electron chi connectivity index (χ3n) is 9.21. The summed E-state index contributed by atoms with van der Waals surface area (Å²) in [6.45, 7) is 4.91. The van der Waals surface area contributed by atoms with Crippen LogP contribution in [0.4, 0.5) is 0 Å². The molecule has 0 amide bonds. The Balaban J connectivity index is 1.48. The van der Waals surface area contributed by atoms with E-state index in [1.807, 2.05) is 18.5 Å². The molecule has 0 aromatic carbocycles. The predicted molar refractivity (Wildman–Crippen MR) is 107 cm³/mol. The number of aliphatic hydroxyl groups is 2. The zero-order valence-electron chi connectivity index (χ0n) is 16.6. The fourth-order valence-corrected chi connectivity index (χ4v) is 7.74. The Morgan fingerprint density at radius 3 is 2.70 bits per heavy atom. The van der Waals surface area contributed by atoms with Gasteiger partial charge in [0.15, 0.2) is 0 Å². The lowest BCUT2D eigenvalue weighted by molar-refractivity contribution is -0.163. The fraction of sp³-hybridized carbons (Fsp3) is 0.708. The van der Waals surface area contributed by atoms with E-state index >= 15 is 0 Å². The number of hydrogen-bond acceptors (Lipinski definition) is 3. The average Bonchev–Trinajstić information content (AvgIpc) is 3.01. The van der Waals surface area contributed by atoms with Crippen molar-refractivity contribution in [2.45, 2.75) is 71.0 Å². The molecule has 5 rings (SSSR count). The van der Waals surface area contributed by atoms with Crippen LogP contribution < -0.4 is 0 Å². The molecule has 3 saturated carbocycles. The lowest BCUT2D eigenvalue weighted by Gasteiger charge is -2.62. The number of aromatic nitrogens is 1. The molecule has 2 N–H and O–H groups in total. The van der Waals surface area contributed by atoms with Crippen molar-refractivity contribution < 1.29 is 10.2 Å². The third-order valence-corrected chi connectivity index (χ3v) is 9.21. The Bertz CT molecular complexity index is 746. The van der Waals surface area contributed by atoms with Crippen molar-refractivity contribution in [1.29, 1.82) is 0 Å². The minimum Gasteiger partial charge on any atom is -0.393 e. The Hall–Kier alpha value is -1.19. The summed E-state index contributed by atoms with van der Waals surface area (Å²) in [5, 5.41) is 21.4. The SMILES string of the molecule is C[C@]12CC[C@H](O)CC1C[C@@H](O)[C@@H]1[C@@H]2CC[C@]2(C)C(c3cccnc3)=CC[C@@H]12. The van der Waals surface area contributed by atoms with E-state index in [1.165, 1.54) is 24.0 Å². The summed E-state index contributed by atoms with van der Waals surface area (Å²) in [6, 6.07) is 4.22. The van der Waals surface area contributed by atoms with Gasteiger partial charge in [-0.05, 0) is 96.7 Å². The van der Waals surface area contributed by atoms with E-state index in [4.69, 9.17) is 0 Å². The summed E-state index contributed by atoms with van der Waals surface area (Å²) >= 11 is 0. The lowest BCUT2D eigenvalue weighted by atomic mass is 9.44. The first-order chi connectivity index (χ1) is 12.9. The summed E-state index contributed by atoms with van der Waals surface area (Å²) in [7, 11) is 0. The Morgan fingerprint density at radius 1 is 1.07 bits per heavy atom. The fourth-order valence-electron chi connectivity index (χ4n) is 7.74. The smallest absolute Gasteiger partial charge is 0.0577 e. The van der Waals surface area contributed by atoms with Gasteiger partial charge in [-0.3, -0.25) is 4.98 Å². The molecule has 27 heavy (non-hydrogen) atoms. The first-order valence-electron chi connectivity index (χ1n) is 10.9. The summed E-state index contributed by atoms with van der Waals surface area (Å²) in [5.41, 5.74) is 3.16. The van der Waals surface area contributed by atoms with E-state index in [-0.39, 0.29) is 17.6 Å². The molecule has 1 unspecified atom stereocenters. The molecular formula is C24H33NO2. The van der Waals surface area contributed by atoms with Gasteiger partial charge in [0, 0.05) is 12.4 Å². The minimum absolute atomic E-state index is 0.155. The molecule has 4 aliphatic rings. The molecule has 0 saturated heterocycles. The monoisotopic (exact) mass is 367 g/mol. The molecule has 0 spiro atoms. The van der Waals surface area contributed by atoms with Gasteiger partial charge in [-0.25, -0.2) is 0 Å². The van der Waals surface area contributed by atoms with E-state index < -0.39 is 0 Å². The van der Waals surface area contributed by atoms with Crippen LogP contribution in [0.5, 0.6) is 0 Å². The molecule has 4 aliphatic carbocycles. The maximum Gasteiger partial charge on any atom is 0.0577 e. The normalized spacial score (nSPS) is 49.0. The summed E-state index contributed by atoms with van der Waals surface area (Å²) in [6.07, 6.45) is 13.2. The molecule has 0 bridgehead atoms. The largest absolute Gasteiger partial charge is 0.393 e. The molecule has 1 aromatic heterocycles. The molecular weight excluding hydrogens is 334 g/mol. The van der Waals surface area contributed by atoms with Gasteiger partial charge >= 0.3 is 0 Å². The number of hydrogen-bond donors (Lipinski definition) is 2. The molecule has 146 valence electrons. The average molecular weight is 368 g/mol. The molecule has 0 radical (unpaired) electrons. The zero-order valence-corrected chi connectivity index (χ0v) is 16.6. The van der Waals surface area contributed by atoms with Crippen LogP contribution in [0.3, 0.4) is 0 Å². The predicted octanol–water partition coefficient (Wildman–Crippen LogP) is 4.45. The van der Waals surface area contributed by atoms with Crippen LogP contribution in [0.25, 0.3) is 5.57 Å². The number of aliphatic hydroxyl groups excluding tert-OH is 2. The van der Waals surface area contributed by atoms with Crippen LogP contribution in [-0.4, -0.2) is 27.4 Å². The van der Waals surface area contributed by atoms with Crippen molar-refractivity contribution in [1.82, 2.24) is 4.98 Å². The van der Waals surface area contributed by atoms with Gasteiger partial charge in [-0.1, -0.05) is 26.0 Å². The first kappa shape index (κ1) is 17.9. The zero-order chi connectivity index (χ0) is 18.8. The number of rotatable bonds is 1. The maximum atomic E-state index is 11.2. The number of nitrogens with zero attached hydrogens (tertiary/aromatic N) is 1. The highest BCUT2D eigenvalue weighted by Crippen LogP contribution is 2.67. The van der Waals surface area contributed by atoms with Crippen molar-refractivity contribution in [2.24, 2.45) is 34.5 Å². The van der Waals surface area contributed by atoms with Crippen LogP contribution >= 0.6 is 0 Å². The Kier molecular flexibility index (Phi) is 4.07. The van der Waals surface area contributed by atoms with Gasteiger partial charge in [0.05, 0.1) is 12.2 Å². The number of allylic oxidation sites excluding steroid dienone is 2. The molecule has 1 aromatic rings. The van der Waals surface area contributed by atoms with E-state index in [2.05, 4.69) is 31.0 Å². The van der Waals surface area contributed by atoms with Crippen molar-refractivity contribution in [2.75, 3.05) is 0 Å². The van der Waals surface area contributed by atoms with Crippen LogP contribution in [0, 0.1) is 34.5 Å². The van der Waals surface area contributed by atoms with Gasteiger partial charge in [-0.15, -0.1) is 0 Å². The van der Waals surface area contributed by atoms with E-state index in [1.54, 1.807) is 0 Å². The van der Waals surface area contributed by atoms with Crippen LogP contribution in [0.1, 0.15) is 64.4 Å². The number of fused-ring (bicyclic) bond motifs is 5. The second-order valence-corrected chi connectivity index (χ2v) is 10.3. The van der Waals surface area contributed by atoms with Gasteiger partial charge in [0.1, 0.15) is 0 Å². The van der Waals surface area contributed by atoms with Crippen LogP contribution in [-0.2, 0) is 0 Å². The van der Waals surface area contributed by atoms with E-state index in [9.17, 15) is 10.2 Å². The second-order valence-electron chi connectivity index (χ2n) is 10.3. The topological polar surface area (TPSA) is 53.4 Å². The van der Waals surface area contributed by atoms with Crippen molar-refractivity contribution in [3.8, 4) is 0 Å². The maximum absolute atomic E-state index is 11.2. The van der Waals surface area contributed by atoms with E-state index in [0.717, 1.165) is 32.1 Å². The highest BCUT2D eigenvalue weighted by molar-refractivity contribution is 5.72. The summed E-state index contributed by atoms with van der Waals surface area (Å²) < 4.78 is 0. The lowest BCUT2D eigenvalue weighted by Crippen LogP contribution is -2.58. The van der Waals surface area contributed by atoms with Crippen molar-refractivity contribution in [3.63, 3.8) is 0 Å². The Morgan fingerprint density at radius 2 is 1.93 bits per heavy atom. The first-order valence-corrected chi connectivity index (χ1v) is 10.9. The van der Waals surface area contributed by atoms with Gasteiger partial charge < -0.3 is 10.2 Å². The quantitative estimate of drug-likeness (QED) is 0.771. The minimum atomic E-state index is -0.218. The number of pyridine rings is 1. The molecule has 3 heteroatoms. The van der Waals surface area contributed by atoms with E-state index in [0.29, 0.717) is 29.1 Å². The molecule has 8 atom stereocenters. The molecule has 3 nitrogen and oxygen atoms in total. The summed E-state index contributed by atoms with van der Waals surface area (Å²) in [4.78, 5) is 4.35. The highest BCUT2D eigenvalue weighted by Gasteiger charge is 2.61. The molecule has 0 aliphatic heterocycles. The standard InChI is InChI=1S/C24H33NO2/c1-23-9-7-17(26)12-16(23)13-21(27)22-19-6-5-18(15-4-3-11-25-14-15)24(19,2)10-8-20(22)23/h3-5,11,14,16-17,19-22,26-27H,6-10,12-13H2,1-2H3/t16?,17-,19-,20-,21+,22-,23-,24+/m0/s1. The van der Waals surface area contributed by atoms with Crippen molar-refractivity contribution in [3.05, 3.63) is 36.2 Å².